The first-order valence-corrected chi connectivity index (χ1v) is 4.91. The van der Waals surface area contributed by atoms with E-state index in [2.05, 4.69) is 4.89 Å². The van der Waals surface area contributed by atoms with Gasteiger partial charge < -0.3 is 10.8 Å². The highest BCUT2D eigenvalue weighted by atomic mass is 17.1. The molecule has 6 nitrogen and oxygen atoms in total. The fourth-order valence-electron chi connectivity index (χ4n) is 1.31. The first-order chi connectivity index (χ1) is 8.04. The lowest BCUT2D eigenvalue weighted by atomic mass is 10.0. The van der Waals surface area contributed by atoms with Gasteiger partial charge in [-0.25, -0.2) is 4.89 Å². The van der Waals surface area contributed by atoms with E-state index in [9.17, 15) is 9.59 Å². The predicted octanol–water partition coefficient (Wildman–Crippen LogP) is 0.313. The maximum absolute atomic E-state index is 11.3. The number of carboxylic acids is 1. The number of hydrogen-bond donors (Lipinski definition) is 3. The molecule has 0 saturated heterocycles. The number of carbonyl (C=O) groups excluding carboxylic acids is 1. The zero-order valence-electron chi connectivity index (χ0n) is 9.00. The molecule has 17 heavy (non-hydrogen) atoms. The van der Waals surface area contributed by atoms with Gasteiger partial charge in [0.2, 0.25) is 0 Å². The number of aliphatic carboxylic acids is 1. The number of rotatable bonds is 6. The number of carboxylic acid groups (broad SMARTS) is 1. The Morgan fingerprint density at radius 3 is 2.35 bits per heavy atom. The summed E-state index contributed by atoms with van der Waals surface area (Å²) in [5, 5.41) is 16.8. The second kappa shape index (κ2) is 6.09. The SMILES string of the molecule is N[C@@H](Cc1ccc(C(=O)COO)cc1)C(=O)O. The van der Waals surface area contributed by atoms with Crippen molar-refractivity contribution in [3.05, 3.63) is 35.4 Å². The van der Waals surface area contributed by atoms with Gasteiger partial charge in [-0.15, -0.1) is 0 Å². The fourth-order valence-corrected chi connectivity index (χ4v) is 1.31. The van der Waals surface area contributed by atoms with Gasteiger partial charge in [0.1, 0.15) is 12.6 Å². The molecule has 0 aliphatic carbocycles. The summed E-state index contributed by atoms with van der Waals surface area (Å²) < 4.78 is 0. The molecule has 0 fully saturated rings. The summed E-state index contributed by atoms with van der Waals surface area (Å²) in [5.74, 6) is -1.43. The number of hydrogen-bond acceptors (Lipinski definition) is 5. The van der Waals surface area contributed by atoms with Gasteiger partial charge in [0.05, 0.1) is 0 Å². The smallest absolute Gasteiger partial charge is 0.320 e. The van der Waals surface area contributed by atoms with E-state index in [0.717, 1.165) is 5.56 Å². The van der Waals surface area contributed by atoms with Crippen LogP contribution in [0.3, 0.4) is 0 Å². The number of Topliss-reactive ketones (excluding diaryl/α,β-unsaturated/α-hetero) is 1. The molecule has 92 valence electrons. The second-order valence-corrected chi connectivity index (χ2v) is 3.54. The highest BCUT2D eigenvalue weighted by Crippen LogP contribution is 2.07. The minimum atomic E-state index is -1.07. The average molecular weight is 239 g/mol. The second-order valence-electron chi connectivity index (χ2n) is 3.54. The van der Waals surface area contributed by atoms with E-state index in [0.29, 0.717) is 5.56 Å². The van der Waals surface area contributed by atoms with Crippen molar-refractivity contribution in [3.8, 4) is 0 Å². The van der Waals surface area contributed by atoms with Crippen LogP contribution in [0.4, 0.5) is 0 Å². The molecule has 1 aromatic rings. The summed E-state index contributed by atoms with van der Waals surface area (Å²) in [4.78, 5) is 25.6. The molecule has 1 atom stereocenters. The van der Waals surface area contributed by atoms with E-state index in [1.54, 1.807) is 12.1 Å². The Labute approximate surface area is 97.6 Å². The summed E-state index contributed by atoms with van der Waals surface area (Å²) in [5.41, 5.74) is 6.48. The Kier molecular flexibility index (Phi) is 4.77. The molecule has 0 amide bonds. The van der Waals surface area contributed by atoms with E-state index >= 15 is 0 Å². The Bertz CT molecular complexity index is 401. The molecule has 0 spiro atoms. The molecule has 0 aliphatic rings. The van der Waals surface area contributed by atoms with Crippen molar-refractivity contribution < 1.29 is 24.8 Å². The maximum atomic E-state index is 11.3. The lowest BCUT2D eigenvalue weighted by Gasteiger charge is -2.06. The number of benzene rings is 1. The summed E-state index contributed by atoms with van der Waals surface area (Å²) in [6, 6.07) is 5.34. The summed E-state index contributed by atoms with van der Waals surface area (Å²) >= 11 is 0. The predicted molar refractivity (Wildman–Crippen MR) is 58.7 cm³/mol. The zero-order valence-corrected chi connectivity index (χ0v) is 9.00. The van der Waals surface area contributed by atoms with Crippen molar-refractivity contribution in [2.24, 2.45) is 5.73 Å². The molecule has 0 bridgehead atoms. The van der Waals surface area contributed by atoms with Crippen LogP contribution in [0.5, 0.6) is 0 Å². The molecule has 6 heteroatoms. The molecule has 1 aromatic carbocycles. The molecule has 0 heterocycles. The van der Waals surface area contributed by atoms with Crippen LogP contribution in [0.1, 0.15) is 15.9 Å². The number of carbonyl (C=O) groups is 2. The largest absolute Gasteiger partial charge is 0.480 e. The molecule has 0 aliphatic heterocycles. The molecule has 0 saturated carbocycles. The van der Waals surface area contributed by atoms with E-state index in [4.69, 9.17) is 16.1 Å². The van der Waals surface area contributed by atoms with E-state index < -0.39 is 18.6 Å². The minimum absolute atomic E-state index is 0.195. The molecule has 0 unspecified atom stereocenters. The van der Waals surface area contributed by atoms with E-state index in [1.165, 1.54) is 12.1 Å². The van der Waals surface area contributed by atoms with Gasteiger partial charge in [-0.3, -0.25) is 14.8 Å². The molecular formula is C11H13NO5. The lowest BCUT2D eigenvalue weighted by Crippen LogP contribution is -2.32. The van der Waals surface area contributed by atoms with Crippen LogP contribution < -0.4 is 5.73 Å². The molecular weight excluding hydrogens is 226 g/mol. The molecule has 0 radical (unpaired) electrons. The van der Waals surface area contributed by atoms with Gasteiger partial charge in [0.15, 0.2) is 5.78 Å². The third-order valence-corrected chi connectivity index (χ3v) is 2.24. The Morgan fingerprint density at radius 1 is 1.29 bits per heavy atom. The third kappa shape index (κ3) is 3.95. The number of ketones is 1. The van der Waals surface area contributed by atoms with Crippen LogP contribution in [-0.4, -0.2) is 34.8 Å². The van der Waals surface area contributed by atoms with Crippen LogP contribution in [-0.2, 0) is 16.1 Å². The van der Waals surface area contributed by atoms with E-state index in [1.807, 2.05) is 0 Å². The van der Waals surface area contributed by atoms with Crippen molar-refractivity contribution >= 4 is 11.8 Å². The van der Waals surface area contributed by atoms with Gasteiger partial charge in [0, 0.05) is 5.56 Å². The first-order valence-electron chi connectivity index (χ1n) is 4.91. The van der Waals surface area contributed by atoms with Crippen molar-refractivity contribution in [2.45, 2.75) is 12.5 Å². The van der Waals surface area contributed by atoms with Crippen LogP contribution in [0.2, 0.25) is 0 Å². The highest BCUT2D eigenvalue weighted by molar-refractivity contribution is 5.97. The summed E-state index contributed by atoms with van der Waals surface area (Å²) in [6.07, 6.45) is 0.195. The normalized spacial score (nSPS) is 12.1. The summed E-state index contributed by atoms with van der Waals surface area (Å²) in [6.45, 7) is -0.409. The van der Waals surface area contributed by atoms with Crippen molar-refractivity contribution in [2.75, 3.05) is 6.61 Å². The molecule has 0 aromatic heterocycles. The van der Waals surface area contributed by atoms with Gasteiger partial charge in [0.25, 0.3) is 0 Å². The first kappa shape index (κ1) is 13.3. The zero-order chi connectivity index (χ0) is 12.8. The van der Waals surface area contributed by atoms with Gasteiger partial charge in [-0.1, -0.05) is 24.3 Å². The van der Waals surface area contributed by atoms with Gasteiger partial charge in [-0.05, 0) is 12.0 Å². The summed E-state index contributed by atoms with van der Waals surface area (Å²) in [7, 11) is 0. The van der Waals surface area contributed by atoms with Gasteiger partial charge >= 0.3 is 5.97 Å². The van der Waals surface area contributed by atoms with Gasteiger partial charge in [-0.2, -0.15) is 0 Å². The Hall–Kier alpha value is -1.76. The van der Waals surface area contributed by atoms with E-state index in [-0.39, 0.29) is 12.2 Å². The Balaban J connectivity index is 2.68. The fraction of sp³-hybridized carbons (Fsp3) is 0.273. The Morgan fingerprint density at radius 2 is 1.88 bits per heavy atom. The van der Waals surface area contributed by atoms with Crippen LogP contribution >= 0.6 is 0 Å². The quantitative estimate of drug-likeness (QED) is 0.374. The van der Waals surface area contributed by atoms with Crippen LogP contribution in [0.25, 0.3) is 0 Å². The monoisotopic (exact) mass is 239 g/mol. The van der Waals surface area contributed by atoms with Crippen LogP contribution in [0.15, 0.2) is 24.3 Å². The van der Waals surface area contributed by atoms with Crippen molar-refractivity contribution in [3.63, 3.8) is 0 Å². The lowest BCUT2D eigenvalue weighted by molar-refractivity contribution is -0.230. The minimum Gasteiger partial charge on any atom is -0.480 e. The maximum Gasteiger partial charge on any atom is 0.320 e. The number of nitrogens with two attached hydrogens (primary N) is 1. The molecule has 4 N–H and O–H groups in total. The average Bonchev–Trinajstić information content (AvgIpc) is 2.30. The topological polar surface area (TPSA) is 110 Å². The van der Waals surface area contributed by atoms with Crippen molar-refractivity contribution in [1.29, 1.82) is 0 Å². The molecule has 1 rings (SSSR count). The van der Waals surface area contributed by atoms with Crippen molar-refractivity contribution in [1.82, 2.24) is 0 Å². The standard InChI is InChI=1S/C11H13NO5/c12-9(11(14)15)5-7-1-3-8(4-2-7)10(13)6-17-16/h1-4,9,16H,5-6,12H2,(H,14,15)/t9-/m0/s1. The third-order valence-electron chi connectivity index (χ3n) is 2.24. The highest BCUT2D eigenvalue weighted by Gasteiger charge is 2.12. The van der Waals surface area contributed by atoms with Crippen LogP contribution in [0, 0.1) is 0 Å².